The van der Waals surface area contributed by atoms with Gasteiger partial charge in [0, 0.05) is 23.7 Å². The van der Waals surface area contributed by atoms with Crippen LogP contribution in [0.15, 0.2) is 12.1 Å². The molecule has 88 valence electrons. The number of nitrogens with two attached hydrogens (primary N) is 1. The monoisotopic (exact) mass is 221 g/mol. The Kier molecular flexibility index (Phi) is 2.70. The standard InChI is InChI=1S/C13H19NO2/c1-4-5-15-11-7-10(14)6-9-8-13(2,3)16-12(9)11/h6-7H,4-5,8,14H2,1-3H3. The Labute approximate surface area is 96.5 Å². The lowest BCUT2D eigenvalue weighted by molar-refractivity contribution is 0.132. The van der Waals surface area contributed by atoms with Gasteiger partial charge < -0.3 is 15.2 Å². The van der Waals surface area contributed by atoms with Crippen LogP contribution in [0.3, 0.4) is 0 Å². The van der Waals surface area contributed by atoms with E-state index in [0.29, 0.717) is 6.61 Å². The lowest BCUT2D eigenvalue weighted by atomic mass is 10.0. The molecule has 0 atom stereocenters. The summed E-state index contributed by atoms with van der Waals surface area (Å²) in [5.74, 6) is 1.65. The average Bonchev–Trinajstić information content (AvgIpc) is 2.48. The summed E-state index contributed by atoms with van der Waals surface area (Å²) < 4.78 is 11.6. The van der Waals surface area contributed by atoms with Gasteiger partial charge in [-0.1, -0.05) is 6.92 Å². The summed E-state index contributed by atoms with van der Waals surface area (Å²) in [6.07, 6.45) is 1.86. The quantitative estimate of drug-likeness (QED) is 0.798. The number of rotatable bonds is 3. The first kappa shape index (κ1) is 11.1. The SMILES string of the molecule is CCCOc1cc(N)cc2c1OC(C)(C)C2. The molecule has 0 fully saturated rings. The third kappa shape index (κ3) is 2.08. The normalized spacial score (nSPS) is 16.7. The number of anilines is 1. The minimum absolute atomic E-state index is 0.152. The summed E-state index contributed by atoms with van der Waals surface area (Å²) in [5, 5.41) is 0. The molecule has 2 N–H and O–H groups in total. The van der Waals surface area contributed by atoms with E-state index in [4.69, 9.17) is 15.2 Å². The topological polar surface area (TPSA) is 44.5 Å². The van der Waals surface area contributed by atoms with Crippen LogP contribution in [0.1, 0.15) is 32.8 Å². The van der Waals surface area contributed by atoms with Gasteiger partial charge >= 0.3 is 0 Å². The Morgan fingerprint density at radius 1 is 1.44 bits per heavy atom. The summed E-state index contributed by atoms with van der Waals surface area (Å²) in [7, 11) is 0. The minimum Gasteiger partial charge on any atom is -0.490 e. The van der Waals surface area contributed by atoms with Gasteiger partial charge in [-0.05, 0) is 26.3 Å². The molecule has 0 bridgehead atoms. The van der Waals surface area contributed by atoms with E-state index in [1.54, 1.807) is 0 Å². The molecule has 2 rings (SSSR count). The van der Waals surface area contributed by atoms with Gasteiger partial charge in [-0.15, -0.1) is 0 Å². The maximum Gasteiger partial charge on any atom is 0.165 e. The Hall–Kier alpha value is -1.38. The first-order valence-corrected chi connectivity index (χ1v) is 5.76. The van der Waals surface area contributed by atoms with Crippen molar-refractivity contribution >= 4 is 5.69 Å². The third-order valence-corrected chi connectivity index (χ3v) is 2.61. The fourth-order valence-corrected chi connectivity index (χ4v) is 2.02. The highest BCUT2D eigenvalue weighted by Crippen LogP contribution is 2.43. The average molecular weight is 221 g/mol. The van der Waals surface area contributed by atoms with E-state index in [1.165, 1.54) is 0 Å². The summed E-state index contributed by atoms with van der Waals surface area (Å²) >= 11 is 0. The molecule has 3 nitrogen and oxygen atoms in total. The number of nitrogen functional groups attached to an aromatic ring is 1. The number of fused-ring (bicyclic) bond motifs is 1. The van der Waals surface area contributed by atoms with Gasteiger partial charge in [0.05, 0.1) is 6.61 Å². The zero-order chi connectivity index (χ0) is 11.8. The molecule has 3 heteroatoms. The molecule has 0 aromatic heterocycles. The van der Waals surface area contributed by atoms with Crippen molar-refractivity contribution in [3.05, 3.63) is 17.7 Å². The molecular formula is C13H19NO2. The highest BCUT2D eigenvalue weighted by molar-refractivity contribution is 5.59. The predicted octanol–water partition coefficient (Wildman–Crippen LogP) is 2.77. The predicted molar refractivity (Wildman–Crippen MR) is 65.1 cm³/mol. The summed E-state index contributed by atoms with van der Waals surface area (Å²) in [6.45, 7) is 6.93. The lowest BCUT2D eigenvalue weighted by Crippen LogP contribution is -2.24. The molecule has 0 saturated carbocycles. The molecule has 0 saturated heterocycles. The van der Waals surface area contributed by atoms with E-state index in [-0.39, 0.29) is 5.60 Å². The first-order chi connectivity index (χ1) is 7.52. The van der Waals surface area contributed by atoms with Crippen LogP contribution in [0.4, 0.5) is 5.69 Å². The van der Waals surface area contributed by atoms with Gasteiger partial charge in [0.2, 0.25) is 0 Å². The van der Waals surface area contributed by atoms with Crippen molar-refractivity contribution in [2.45, 2.75) is 39.2 Å². The molecule has 16 heavy (non-hydrogen) atoms. The maximum atomic E-state index is 5.90. The van der Waals surface area contributed by atoms with Crippen LogP contribution >= 0.6 is 0 Å². The summed E-state index contributed by atoms with van der Waals surface area (Å²) in [5.41, 5.74) is 7.60. The molecular weight excluding hydrogens is 202 g/mol. The van der Waals surface area contributed by atoms with Gasteiger partial charge in [-0.25, -0.2) is 0 Å². The fourth-order valence-electron chi connectivity index (χ4n) is 2.02. The van der Waals surface area contributed by atoms with E-state index < -0.39 is 0 Å². The molecule has 1 aliphatic heterocycles. The zero-order valence-corrected chi connectivity index (χ0v) is 10.2. The first-order valence-electron chi connectivity index (χ1n) is 5.76. The van der Waals surface area contributed by atoms with Crippen LogP contribution in [0.25, 0.3) is 0 Å². The van der Waals surface area contributed by atoms with Crippen molar-refractivity contribution in [2.24, 2.45) is 0 Å². The van der Waals surface area contributed by atoms with Crippen molar-refractivity contribution in [1.82, 2.24) is 0 Å². The van der Waals surface area contributed by atoms with Crippen LogP contribution in [-0.2, 0) is 6.42 Å². The molecule has 1 aliphatic rings. The Morgan fingerprint density at radius 3 is 2.88 bits per heavy atom. The Morgan fingerprint density at radius 2 is 2.19 bits per heavy atom. The van der Waals surface area contributed by atoms with E-state index in [1.807, 2.05) is 12.1 Å². The van der Waals surface area contributed by atoms with Crippen LogP contribution in [0.2, 0.25) is 0 Å². The lowest BCUT2D eigenvalue weighted by Gasteiger charge is -2.18. The van der Waals surface area contributed by atoms with Gasteiger partial charge in [-0.2, -0.15) is 0 Å². The second kappa shape index (κ2) is 3.89. The van der Waals surface area contributed by atoms with Crippen LogP contribution < -0.4 is 15.2 Å². The van der Waals surface area contributed by atoms with Gasteiger partial charge in [0.1, 0.15) is 5.60 Å². The minimum atomic E-state index is -0.152. The molecule has 0 spiro atoms. The van der Waals surface area contributed by atoms with Crippen LogP contribution in [-0.4, -0.2) is 12.2 Å². The van der Waals surface area contributed by atoms with Crippen molar-refractivity contribution in [3.63, 3.8) is 0 Å². The van der Waals surface area contributed by atoms with Crippen molar-refractivity contribution < 1.29 is 9.47 Å². The summed E-state index contributed by atoms with van der Waals surface area (Å²) in [6, 6.07) is 3.82. The smallest absolute Gasteiger partial charge is 0.165 e. The second-order valence-electron chi connectivity index (χ2n) is 4.89. The van der Waals surface area contributed by atoms with Crippen molar-refractivity contribution in [1.29, 1.82) is 0 Å². The Balaban J connectivity index is 2.33. The number of hydrogen-bond acceptors (Lipinski definition) is 3. The maximum absolute atomic E-state index is 5.90. The summed E-state index contributed by atoms with van der Waals surface area (Å²) in [4.78, 5) is 0. The van der Waals surface area contributed by atoms with Crippen LogP contribution in [0.5, 0.6) is 11.5 Å². The van der Waals surface area contributed by atoms with E-state index >= 15 is 0 Å². The molecule has 0 amide bonds. The number of ether oxygens (including phenoxy) is 2. The number of hydrogen-bond donors (Lipinski definition) is 1. The van der Waals surface area contributed by atoms with Crippen molar-refractivity contribution in [3.8, 4) is 11.5 Å². The number of benzene rings is 1. The highest BCUT2D eigenvalue weighted by Gasteiger charge is 2.32. The molecule has 1 aromatic carbocycles. The molecule has 0 aliphatic carbocycles. The molecule has 0 radical (unpaired) electrons. The molecule has 0 unspecified atom stereocenters. The zero-order valence-electron chi connectivity index (χ0n) is 10.2. The Bertz CT molecular complexity index is 399. The van der Waals surface area contributed by atoms with Gasteiger partial charge in [-0.3, -0.25) is 0 Å². The van der Waals surface area contributed by atoms with E-state index in [2.05, 4.69) is 20.8 Å². The third-order valence-electron chi connectivity index (χ3n) is 2.61. The van der Waals surface area contributed by atoms with Crippen LogP contribution in [0, 0.1) is 0 Å². The second-order valence-corrected chi connectivity index (χ2v) is 4.89. The van der Waals surface area contributed by atoms with E-state index in [0.717, 1.165) is 35.6 Å². The van der Waals surface area contributed by atoms with Gasteiger partial charge in [0.25, 0.3) is 0 Å². The highest BCUT2D eigenvalue weighted by atomic mass is 16.5. The molecule has 1 heterocycles. The largest absolute Gasteiger partial charge is 0.490 e. The molecule has 1 aromatic rings. The van der Waals surface area contributed by atoms with Gasteiger partial charge in [0.15, 0.2) is 11.5 Å². The fraction of sp³-hybridized carbons (Fsp3) is 0.538. The van der Waals surface area contributed by atoms with E-state index in [9.17, 15) is 0 Å². The van der Waals surface area contributed by atoms with Crippen molar-refractivity contribution in [2.75, 3.05) is 12.3 Å².